The minimum absolute atomic E-state index is 0.0496. The van der Waals surface area contributed by atoms with Crippen molar-refractivity contribution in [1.82, 2.24) is 0 Å². The summed E-state index contributed by atoms with van der Waals surface area (Å²) in [5, 5.41) is 12.2. The summed E-state index contributed by atoms with van der Waals surface area (Å²) < 4.78 is 5.86. The van der Waals surface area contributed by atoms with Crippen molar-refractivity contribution in [2.24, 2.45) is 0 Å². The van der Waals surface area contributed by atoms with Gasteiger partial charge < -0.3 is 15.2 Å². The summed E-state index contributed by atoms with van der Waals surface area (Å²) in [6.07, 6.45) is -0.0496. The average molecular weight is 255 g/mol. The van der Waals surface area contributed by atoms with E-state index in [0.717, 1.165) is 22.7 Å². The molecule has 96 valence electrons. The smallest absolute Gasteiger partial charge is 0.307 e. The topological polar surface area (TPSA) is 58.6 Å². The van der Waals surface area contributed by atoms with Crippen molar-refractivity contribution in [3.8, 4) is 11.5 Å². The Labute approximate surface area is 110 Å². The van der Waals surface area contributed by atoms with Gasteiger partial charge in [-0.25, -0.2) is 0 Å². The van der Waals surface area contributed by atoms with Crippen molar-refractivity contribution < 1.29 is 14.6 Å². The van der Waals surface area contributed by atoms with Crippen LogP contribution < -0.4 is 10.1 Å². The Morgan fingerprint density at radius 3 is 2.89 bits per heavy atom. The van der Waals surface area contributed by atoms with E-state index in [1.54, 1.807) is 6.07 Å². The molecule has 4 heteroatoms. The lowest BCUT2D eigenvalue weighted by molar-refractivity contribution is -0.136. The molecule has 0 bridgehead atoms. The van der Waals surface area contributed by atoms with E-state index in [0.29, 0.717) is 11.3 Å². The van der Waals surface area contributed by atoms with Gasteiger partial charge in [0.2, 0.25) is 0 Å². The molecule has 1 heterocycles. The van der Waals surface area contributed by atoms with Gasteiger partial charge in [0.1, 0.15) is 0 Å². The van der Waals surface area contributed by atoms with Gasteiger partial charge in [-0.1, -0.05) is 18.2 Å². The number of rotatable bonds is 2. The predicted octanol–water partition coefficient (Wildman–Crippen LogP) is 3.47. The first kappa shape index (κ1) is 11.6. The average Bonchev–Trinajstić information content (AvgIpc) is 2.36. The monoisotopic (exact) mass is 255 g/mol. The first-order valence-corrected chi connectivity index (χ1v) is 6.03. The Kier molecular flexibility index (Phi) is 2.63. The van der Waals surface area contributed by atoms with Crippen molar-refractivity contribution in [2.45, 2.75) is 13.3 Å². The summed E-state index contributed by atoms with van der Waals surface area (Å²) in [4.78, 5) is 10.9. The summed E-state index contributed by atoms with van der Waals surface area (Å²) in [7, 11) is 0. The van der Waals surface area contributed by atoms with Crippen LogP contribution in [0.5, 0.6) is 11.5 Å². The number of hydrogen-bond donors (Lipinski definition) is 2. The van der Waals surface area contributed by atoms with Crippen LogP contribution in [0.15, 0.2) is 36.4 Å². The maximum Gasteiger partial charge on any atom is 0.307 e. The molecule has 0 fully saturated rings. The number of carboxylic acid groups (broad SMARTS) is 1. The summed E-state index contributed by atoms with van der Waals surface area (Å²) in [6, 6.07) is 11.4. The molecule has 1 aliphatic rings. The second-order valence-corrected chi connectivity index (χ2v) is 4.59. The molecule has 0 atom stereocenters. The van der Waals surface area contributed by atoms with Crippen LogP contribution in [-0.4, -0.2) is 11.1 Å². The van der Waals surface area contributed by atoms with E-state index in [1.165, 1.54) is 0 Å². The summed E-state index contributed by atoms with van der Waals surface area (Å²) in [5.74, 6) is 0.459. The van der Waals surface area contributed by atoms with Crippen molar-refractivity contribution in [3.05, 3.63) is 47.5 Å². The molecular formula is C15H13NO3. The van der Waals surface area contributed by atoms with Crippen molar-refractivity contribution >= 4 is 17.3 Å². The third-order valence-corrected chi connectivity index (χ3v) is 3.06. The maximum atomic E-state index is 10.9. The summed E-state index contributed by atoms with van der Waals surface area (Å²) in [5.41, 5.74) is 3.46. The number of carbonyl (C=O) groups is 1. The number of ether oxygens (including phenoxy) is 1. The molecule has 0 unspecified atom stereocenters. The number of nitrogens with one attached hydrogen (secondary N) is 1. The number of benzene rings is 2. The Morgan fingerprint density at radius 1 is 1.26 bits per heavy atom. The number of fused-ring (bicyclic) bond motifs is 2. The van der Waals surface area contributed by atoms with E-state index in [-0.39, 0.29) is 6.42 Å². The molecule has 2 aromatic rings. The molecule has 1 aliphatic heterocycles. The number of para-hydroxylation sites is 1. The van der Waals surface area contributed by atoms with E-state index < -0.39 is 5.97 Å². The fourth-order valence-electron chi connectivity index (χ4n) is 2.18. The van der Waals surface area contributed by atoms with E-state index >= 15 is 0 Å². The molecule has 0 saturated heterocycles. The zero-order chi connectivity index (χ0) is 13.4. The standard InChI is InChI=1S/C15H13NO3/c1-9-5-6-11-13(7-9)19-15-10(8-14(17)18)3-2-4-12(15)16-11/h2-7,16H,8H2,1H3,(H,17,18). The van der Waals surface area contributed by atoms with E-state index in [4.69, 9.17) is 9.84 Å². The van der Waals surface area contributed by atoms with Gasteiger partial charge in [0, 0.05) is 5.56 Å². The molecule has 2 N–H and O–H groups in total. The molecule has 0 radical (unpaired) electrons. The zero-order valence-electron chi connectivity index (χ0n) is 10.4. The quantitative estimate of drug-likeness (QED) is 0.736. The van der Waals surface area contributed by atoms with Gasteiger partial charge in [-0.2, -0.15) is 0 Å². The molecule has 0 aliphatic carbocycles. The molecule has 0 aromatic heterocycles. The molecular weight excluding hydrogens is 242 g/mol. The normalized spacial score (nSPS) is 11.8. The number of aliphatic carboxylic acids is 1. The number of aryl methyl sites for hydroxylation is 1. The number of carboxylic acids is 1. The van der Waals surface area contributed by atoms with E-state index in [2.05, 4.69) is 5.32 Å². The van der Waals surface area contributed by atoms with Gasteiger partial charge >= 0.3 is 5.97 Å². The van der Waals surface area contributed by atoms with Crippen molar-refractivity contribution in [2.75, 3.05) is 5.32 Å². The molecule has 2 aromatic carbocycles. The second-order valence-electron chi connectivity index (χ2n) is 4.59. The third-order valence-electron chi connectivity index (χ3n) is 3.06. The minimum Gasteiger partial charge on any atom is -0.481 e. The fraction of sp³-hybridized carbons (Fsp3) is 0.133. The van der Waals surface area contributed by atoms with Gasteiger partial charge in [-0.05, 0) is 30.7 Å². The first-order valence-electron chi connectivity index (χ1n) is 6.03. The molecule has 0 saturated carbocycles. The molecule has 4 nitrogen and oxygen atoms in total. The van der Waals surface area contributed by atoms with Crippen LogP contribution in [-0.2, 0) is 11.2 Å². The zero-order valence-corrected chi connectivity index (χ0v) is 10.4. The van der Waals surface area contributed by atoms with Gasteiger partial charge in [-0.15, -0.1) is 0 Å². The summed E-state index contributed by atoms with van der Waals surface area (Å²) in [6.45, 7) is 1.99. The minimum atomic E-state index is -0.868. The number of anilines is 2. The number of hydrogen-bond acceptors (Lipinski definition) is 3. The van der Waals surface area contributed by atoms with Gasteiger partial charge in [0.05, 0.1) is 17.8 Å². The van der Waals surface area contributed by atoms with Crippen LogP contribution >= 0.6 is 0 Å². The highest BCUT2D eigenvalue weighted by atomic mass is 16.5. The van der Waals surface area contributed by atoms with E-state index in [9.17, 15) is 4.79 Å². The second kappa shape index (κ2) is 4.31. The largest absolute Gasteiger partial charge is 0.481 e. The molecule has 0 amide bonds. The van der Waals surface area contributed by atoms with Crippen LogP contribution in [0.3, 0.4) is 0 Å². The van der Waals surface area contributed by atoms with Crippen LogP contribution in [0, 0.1) is 6.92 Å². The highest BCUT2D eigenvalue weighted by Gasteiger charge is 2.20. The predicted molar refractivity (Wildman–Crippen MR) is 72.3 cm³/mol. The Hall–Kier alpha value is -2.49. The van der Waals surface area contributed by atoms with Crippen molar-refractivity contribution in [1.29, 1.82) is 0 Å². The highest BCUT2D eigenvalue weighted by molar-refractivity contribution is 5.80. The fourth-order valence-corrected chi connectivity index (χ4v) is 2.18. The van der Waals surface area contributed by atoms with E-state index in [1.807, 2.05) is 37.3 Å². The maximum absolute atomic E-state index is 10.9. The molecule has 3 rings (SSSR count). The van der Waals surface area contributed by atoms with Crippen molar-refractivity contribution in [3.63, 3.8) is 0 Å². The van der Waals surface area contributed by atoms with Crippen LogP contribution in [0.2, 0.25) is 0 Å². The Morgan fingerprint density at radius 2 is 2.11 bits per heavy atom. The van der Waals surface area contributed by atoms with Gasteiger partial charge in [0.25, 0.3) is 0 Å². The van der Waals surface area contributed by atoms with Crippen LogP contribution in [0.1, 0.15) is 11.1 Å². The van der Waals surface area contributed by atoms with Gasteiger partial charge in [0.15, 0.2) is 11.5 Å². The lowest BCUT2D eigenvalue weighted by Gasteiger charge is -2.23. The van der Waals surface area contributed by atoms with Crippen LogP contribution in [0.25, 0.3) is 0 Å². The third kappa shape index (κ3) is 2.12. The molecule has 19 heavy (non-hydrogen) atoms. The SMILES string of the molecule is Cc1ccc2c(c1)Oc1c(CC(=O)O)cccc1N2. The Bertz CT molecular complexity index is 664. The van der Waals surface area contributed by atoms with Crippen LogP contribution in [0.4, 0.5) is 11.4 Å². The highest BCUT2D eigenvalue weighted by Crippen LogP contribution is 2.44. The lowest BCUT2D eigenvalue weighted by atomic mass is 10.1. The molecule has 0 spiro atoms. The first-order chi connectivity index (χ1) is 9.13. The summed E-state index contributed by atoms with van der Waals surface area (Å²) >= 11 is 0. The Balaban J connectivity index is 2.05. The van der Waals surface area contributed by atoms with Gasteiger partial charge in [-0.3, -0.25) is 4.79 Å². The lowest BCUT2D eigenvalue weighted by Crippen LogP contribution is -2.08.